The van der Waals surface area contributed by atoms with Crippen molar-refractivity contribution in [2.45, 2.75) is 103 Å². The Kier molecular flexibility index (Phi) is 7.85. The summed E-state index contributed by atoms with van der Waals surface area (Å²) in [6, 6.07) is 6.29. The Labute approximate surface area is 231 Å². The summed E-state index contributed by atoms with van der Waals surface area (Å²) in [6.45, 7) is 6.59. The molecular formula is C31H45NO7. The van der Waals surface area contributed by atoms with Gasteiger partial charge >= 0.3 is 5.97 Å². The molecule has 0 spiro atoms. The van der Waals surface area contributed by atoms with Gasteiger partial charge in [-0.1, -0.05) is 32.9 Å². The Hall–Kier alpha value is -2.03. The number of nitro groups is 1. The van der Waals surface area contributed by atoms with E-state index in [0.29, 0.717) is 24.3 Å². The second-order valence-electron chi connectivity index (χ2n) is 13.6. The molecule has 0 radical (unpaired) electrons. The van der Waals surface area contributed by atoms with E-state index in [2.05, 4.69) is 20.8 Å². The lowest BCUT2D eigenvalue weighted by Crippen LogP contribution is -2.62. The van der Waals surface area contributed by atoms with Crippen molar-refractivity contribution in [3.05, 3.63) is 39.9 Å². The molecule has 3 N–H and O–H groups in total. The van der Waals surface area contributed by atoms with Gasteiger partial charge in [0.05, 0.1) is 28.8 Å². The van der Waals surface area contributed by atoms with Crippen LogP contribution in [-0.2, 0) is 16.1 Å². The van der Waals surface area contributed by atoms with Crippen molar-refractivity contribution in [2.24, 2.45) is 46.3 Å². The van der Waals surface area contributed by atoms with Crippen LogP contribution in [0.15, 0.2) is 24.3 Å². The van der Waals surface area contributed by atoms with Gasteiger partial charge in [0.2, 0.25) is 0 Å². The van der Waals surface area contributed by atoms with Crippen LogP contribution < -0.4 is 0 Å². The van der Waals surface area contributed by atoms with Gasteiger partial charge in [-0.15, -0.1) is 0 Å². The zero-order valence-corrected chi connectivity index (χ0v) is 23.5. The summed E-state index contributed by atoms with van der Waals surface area (Å²) in [5.41, 5.74) is 0.0623. The van der Waals surface area contributed by atoms with Crippen LogP contribution in [0.2, 0.25) is 0 Å². The molecule has 11 atom stereocenters. The van der Waals surface area contributed by atoms with E-state index in [4.69, 9.17) is 4.74 Å². The van der Waals surface area contributed by atoms with Gasteiger partial charge in [0.1, 0.15) is 6.61 Å². The molecule has 4 saturated carbocycles. The lowest BCUT2D eigenvalue weighted by molar-refractivity contribution is -0.385. The second-order valence-corrected chi connectivity index (χ2v) is 13.6. The number of rotatable bonds is 7. The van der Waals surface area contributed by atoms with Crippen LogP contribution in [0.3, 0.4) is 0 Å². The highest BCUT2D eigenvalue weighted by Crippen LogP contribution is 2.68. The summed E-state index contributed by atoms with van der Waals surface area (Å²) in [5, 5.41) is 44.7. The van der Waals surface area contributed by atoms with E-state index in [-0.39, 0.29) is 71.2 Å². The highest BCUT2D eigenvalue weighted by molar-refractivity contribution is 5.69. The van der Waals surface area contributed by atoms with Gasteiger partial charge in [-0.3, -0.25) is 14.9 Å². The van der Waals surface area contributed by atoms with Crippen molar-refractivity contribution in [1.29, 1.82) is 0 Å². The first-order valence-electron chi connectivity index (χ1n) is 14.9. The van der Waals surface area contributed by atoms with Gasteiger partial charge in [0.15, 0.2) is 0 Å². The molecule has 1 aromatic rings. The van der Waals surface area contributed by atoms with Crippen molar-refractivity contribution in [2.75, 3.05) is 0 Å². The lowest BCUT2D eigenvalue weighted by atomic mass is 9.43. The molecule has 0 aliphatic heterocycles. The largest absolute Gasteiger partial charge is 0.461 e. The number of carbonyl (C=O) groups is 1. The summed E-state index contributed by atoms with van der Waals surface area (Å²) in [6.07, 6.45) is 5.61. The van der Waals surface area contributed by atoms with E-state index in [0.717, 1.165) is 38.5 Å². The molecule has 39 heavy (non-hydrogen) atoms. The van der Waals surface area contributed by atoms with Gasteiger partial charge in [0.25, 0.3) is 5.69 Å². The summed E-state index contributed by atoms with van der Waals surface area (Å²) in [5.74, 6) is 1.03. The SMILES string of the molecule is CC(CCC(=O)OCc1ccccc1[N+](=O)[O-])C1CCC2C3C(O)CC4CC(O)CCC4(C)C3CC(O)C12C. The molecule has 4 fully saturated rings. The smallest absolute Gasteiger partial charge is 0.306 e. The predicted octanol–water partition coefficient (Wildman–Crippen LogP) is 5.02. The Balaban J connectivity index is 1.23. The van der Waals surface area contributed by atoms with E-state index >= 15 is 0 Å². The molecular weight excluding hydrogens is 498 g/mol. The molecule has 5 rings (SSSR count). The van der Waals surface area contributed by atoms with Crippen LogP contribution in [0.25, 0.3) is 0 Å². The van der Waals surface area contributed by atoms with Crippen LogP contribution in [0.5, 0.6) is 0 Å². The van der Waals surface area contributed by atoms with Gasteiger partial charge in [-0.2, -0.15) is 0 Å². The number of fused-ring (bicyclic) bond motifs is 5. The molecule has 0 heterocycles. The normalized spacial score (nSPS) is 42.1. The number of hydrogen-bond donors (Lipinski definition) is 3. The minimum atomic E-state index is -0.468. The van der Waals surface area contributed by atoms with Crippen LogP contribution in [0, 0.1) is 56.5 Å². The van der Waals surface area contributed by atoms with E-state index in [9.17, 15) is 30.2 Å². The van der Waals surface area contributed by atoms with Gasteiger partial charge in [0, 0.05) is 12.5 Å². The third-order valence-electron chi connectivity index (χ3n) is 11.9. The first-order valence-corrected chi connectivity index (χ1v) is 14.9. The lowest BCUT2D eigenvalue weighted by Gasteiger charge is -2.63. The van der Waals surface area contributed by atoms with Gasteiger partial charge in [-0.25, -0.2) is 0 Å². The molecule has 4 aliphatic carbocycles. The third-order valence-corrected chi connectivity index (χ3v) is 11.9. The summed E-state index contributed by atoms with van der Waals surface area (Å²) >= 11 is 0. The number of hydrogen-bond acceptors (Lipinski definition) is 7. The van der Waals surface area contributed by atoms with Crippen molar-refractivity contribution in [1.82, 2.24) is 0 Å². The number of ether oxygens (including phenoxy) is 1. The molecule has 0 saturated heterocycles. The third kappa shape index (κ3) is 4.91. The van der Waals surface area contributed by atoms with Crippen molar-refractivity contribution < 1.29 is 29.8 Å². The Morgan fingerprint density at radius 2 is 1.85 bits per heavy atom. The summed E-state index contributed by atoms with van der Waals surface area (Å²) in [7, 11) is 0. The number of esters is 1. The number of benzene rings is 1. The molecule has 216 valence electrons. The topological polar surface area (TPSA) is 130 Å². The van der Waals surface area contributed by atoms with Gasteiger partial charge in [-0.05, 0) is 104 Å². The van der Waals surface area contributed by atoms with E-state index in [1.165, 1.54) is 6.07 Å². The van der Waals surface area contributed by atoms with Crippen LogP contribution >= 0.6 is 0 Å². The highest BCUT2D eigenvalue weighted by Gasteiger charge is 2.65. The van der Waals surface area contributed by atoms with E-state index < -0.39 is 17.1 Å². The summed E-state index contributed by atoms with van der Waals surface area (Å²) in [4.78, 5) is 23.3. The number of aliphatic hydroxyl groups is 3. The summed E-state index contributed by atoms with van der Waals surface area (Å²) < 4.78 is 5.39. The molecule has 0 bridgehead atoms. The monoisotopic (exact) mass is 543 g/mol. The fourth-order valence-electron chi connectivity index (χ4n) is 9.72. The average molecular weight is 544 g/mol. The minimum Gasteiger partial charge on any atom is -0.461 e. The minimum absolute atomic E-state index is 0.0483. The molecule has 8 nitrogen and oxygen atoms in total. The standard InChI is InChI=1S/C31H45NO7/c1-18(8-11-28(36)39-17-19-6-4-5-7-25(19)32(37)38)22-9-10-23-29-24(16-27(35)31(22,23)3)30(2)13-12-21(33)14-20(30)15-26(29)34/h4-7,18,20-24,26-27,29,33-35H,8-17H2,1-3H3. The number of nitrogens with zero attached hydrogens (tertiary/aromatic N) is 1. The first kappa shape index (κ1) is 28.5. The van der Waals surface area contributed by atoms with Crippen LogP contribution in [-0.4, -0.2) is 44.5 Å². The number of carbonyl (C=O) groups excluding carboxylic acids is 1. The Bertz CT molecular complexity index is 1080. The van der Waals surface area contributed by atoms with Crippen LogP contribution in [0.4, 0.5) is 5.69 Å². The molecule has 11 unspecified atom stereocenters. The number of nitro benzene ring substituents is 1. The molecule has 4 aliphatic rings. The molecule has 1 aromatic carbocycles. The average Bonchev–Trinajstić information content (AvgIpc) is 3.26. The molecule has 0 aromatic heterocycles. The van der Waals surface area contributed by atoms with Gasteiger partial charge < -0.3 is 20.1 Å². The maximum atomic E-state index is 12.6. The fourth-order valence-corrected chi connectivity index (χ4v) is 9.72. The maximum absolute atomic E-state index is 12.6. The van der Waals surface area contributed by atoms with Crippen molar-refractivity contribution in [3.8, 4) is 0 Å². The van der Waals surface area contributed by atoms with Crippen molar-refractivity contribution >= 4 is 11.7 Å². The van der Waals surface area contributed by atoms with Crippen molar-refractivity contribution in [3.63, 3.8) is 0 Å². The molecule has 0 amide bonds. The van der Waals surface area contributed by atoms with E-state index in [1.807, 2.05) is 0 Å². The zero-order chi connectivity index (χ0) is 28.1. The maximum Gasteiger partial charge on any atom is 0.306 e. The predicted molar refractivity (Wildman–Crippen MR) is 145 cm³/mol. The van der Waals surface area contributed by atoms with Crippen LogP contribution in [0.1, 0.15) is 84.1 Å². The zero-order valence-electron chi connectivity index (χ0n) is 23.5. The first-order chi connectivity index (χ1) is 18.5. The second kappa shape index (κ2) is 10.7. The quantitative estimate of drug-likeness (QED) is 0.250. The molecule has 8 heteroatoms. The fraction of sp³-hybridized carbons (Fsp3) is 0.774. The Morgan fingerprint density at radius 1 is 1.10 bits per heavy atom. The number of aliphatic hydroxyl groups excluding tert-OH is 3. The number of para-hydroxylation sites is 1. The Morgan fingerprint density at radius 3 is 2.59 bits per heavy atom. The highest BCUT2D eigenvalue weighted by atomic mass is 16.6. The van der Waals surface area contributed by atoms with E-state index in [1.54, 1.807) is 18.2 Å².